The van der Waals surface area contributed by atoms with Crippen LogP contribution in [0.1, 0.15) is 21.5 Å². The molecule has 0 aliphatic rings. The van der Waals surface area contributed by atoms with Gasteiger partial charge in [0, 0.05) is 13.1 Å². The maximum Gasteiger partial charge on any atom is 0.282 e. The van der Waals surface area contributed by atoms with Crippen molar-refractivity contribution in [2.45, 2.75) is 13.1 Å². The Morgan fingerprint density at radius 2 is 1.41 bits per heavy atom. The molecular formula is C25H24ClN5O3. The summed E-state index contributed by atoms with van der Waals surface area (Å²) in [5, 5.41) is 11.1. The number of hydrogen-bond acceptors (Lipinski definition) is 7. The molecule has 9 heteroatoms. The molecule has 0 radical (unpaired) electrons. The van der Waals surface area contributed by atoms with E-state index in [-0.39, 0.29) is 5.91 Å². The summed E-state index contributed by atoms with van der Waals surface area (Å²) >= 11 is 6.26. The van der Waals surface area contributed by atoms with Crippen LogP contribution in [0, 0.1) is 0 Å². The maximum atomic E-state index is 13.2. The number of halogens is 1. The highest BCUT2D eigenvalue weighted by Gasteiger charge is 2.20. The van der Waals surface area contributed by atoms with Gasteiger partial charge in [-0.3, -0.25) is 4.79 Å². The number of aromatic nitrogens is 3. The molecule has 8 nitrogen and oxygen atoms in total. The first kappa shape index (κ1) is 23.1. The third-order valence-corrected chi connectivity index (χ3v) is 5.45. The zero-order chi connectivity index (χ0) is 23.9. The van der Waals surface area contributed by atoms with Gasteiger partial charge in [-0.15, -0.1) is 5.10 Å². The highest BCUT2D eigenvalue weighted by atomic mass is 35.5. The van der Waals surface area contributed by atoms with Gasteiger partial charge in [-0.05, 0) is 47.5 Å². The fraction of sp³-hybridized carbons (Fsp3) is 0.160. The van der Waals surface area contributed by atoms with Crippen molar-refractivity contribution >= 4 is 29.4 Å². The summed E-state index contributed by atoms with van der Waals surface area (Å²) in [6.45, 7) is 0.919. The second-order valence-electron chi connectivity index (χ2n) is 7.36. The Morgan fingerprint density at radius 3 is 1.97 bits per heavy atom. The van der Waals surface area contributed by atoms with Gasteiger partial charge < -0.3 is 20.1 Å². The number of carbonyl (C=O) groups excluding carboxylic acids is 1. The third-order valence-electron chi connectivity index (χ3n) is 5.12. The highest BCUT2D eigenvalue weighted by Crippen LogP contribution is 2.20. The summed E-state index contributed by atoms with van der Waals surface area (Å²) in [6.07, 6.45) is 0. The standard InChI is InChI=1S/C25H24ClN5O3/c1-33-19-11-7-17(8-12-19)15-27-24-29-25(28-16-18-9-13-20(34-2)14-10-18)31(30-24)23(32)21-5-3-4-6-22(21)26/h3-14H,15-16H2,1-2H3,(H2,27,28,29,30). The van der Waals surface area contributed by atoms with Gasteiger partial charge in [-0.1, -0.05) is 48.0 Å². The lowest BCUT2D eigenvalue weighted by atomic mass is 10.2. The van der Waals surface area contributed by atoms with E-state index in [1.165, 1.54) is 4.68 Å². The van der Waals surface area contributed by atoms with Crippen molar-refractivity contribution in [1.82, 2.24) is 14.8 Å². The van der Waals surface area contributed by atoms with Crippen molar-refractivity contribution in [2.24, 2.45) is 0 Å². The average molecular weight is 478 g/mol. The Labute approximate surface area is 202 Å². The van der Waals surface area contributed by atoms with Crippen LogP contribution in [0.25, 0.3) is 0 Å². The Hall–Kier alpha value is -4.04. The monoisotopic (exact) mass is 477 g/mol. The summed E-state index contributed by atoms with van der Waals surface area (Å²) in [5.74, 6) is 1.78. The first-order chi connectivity index (χ1) is 16.6. The minimum atomic E-state index is -0.382. The van der Waals surface area contributed by atoms with Crippen LogP contribution in [0.4, 0.5) is 11.9 Å². The van der Waals surface area contributed by atoms with E-state index in [2.05, 4.69) is 20.7 Å². The molecule has 0 amide bonds. The topological polar surface area (TPSA) is 90.3 Å². The number of anilines is 2. The summed E-state index contributed by atoms with van der Waals surface area (Å²) in [7, 11) is 3.25. The van der Waals surface area contributed by atoms with Gasteiger partial charge in [0.1, 0.15) is 11.5 Å². The Balaban J connectivity index is 1.55. The fourth-order valence-corrected chi connectivity index (χ4v) is 3.46. The Kier molecular flexibility index (Phi) is 7.29. The van der Waals surface area contributed by atoms with Gasteiger partial charge in [-0.2, -0.15) is 9.67 Å². The molecule has 0 spiro atoms. The third kappa shape index (κ3) is 5.47. The number of carbonyl (C=O) groups is 1. The minimum absolute atomic E-state index is 0.304. The predicted octanol–water partition coefficient (Wildman–Crippen LogP) is 4.86. The van der Waals surface area contributed by atoms with Crippen molar-refractivity contribution in [1.29, 1.82) is 0 Å². The fourth-order valence-electron chi connectivity index (χ4n) is 3.24. The van der Waals surface area contributed by atoms with Gasteiger partial charge in [0.2, 0.25) is 11.9 Å². The average Bonchev–Trinajstić information content (AvgIpc) is 3.30. The molecule has 0 atom stereocenters. The van der Waals surface area contributed by atoms with E-state index in [1.54, 1.807) is 38.5 Å². The molecule has 4 aromatic rings. The summed E-state index contributed by atoms with van der Waals surface area (Å²) in [4.78, 5) is 17.7. The highest BCUT2D eigenvalue weighted by molar-refractivity contribution is 6.33. The van der Waals surface area contributed by atoms with Crippen molar-refractivity contribution in [3.63, 3.8) is 0 Å². The van der Waals surface area contributed by atoms with Crippen LogP contribution in [-0.2, 0) is 13.1 Å². The number of ether oxygens (including phenoxy) is 2. The lowest BCUT2D eigenvalue weighted by Crippen LogP contribution is -2.18. The van der Waals surface area contributed by atoms with E-state index in [0.29, 0.717) is 35.6 Å². The minimum Gasteiger partial charge on any atom is -0.497 e. The Bertz CT molecular complexity index is 1260. The number of nitrogens with one attached hydrogen (secondary N) is 2. The van der Waals surface area contributed by atoms with Crippen LogP contribution in [0.2, 0.25) is 5.02 Å². The zero-order valence-corrected chi connectivity index (χ0v) is 19.5. The zero-order valence-electron chi connectivity index (χ0n) is 18.8. The molecule has 0 saturated heterocycles. The molecule has 0 aliphatic carbocycles. The van der Waals surface area contributed by atoms with Gasteiger partial charge in [0.25, 0.3) is 5.91 Å². The molecule has 0 aliphatic heterocycles. The van der Waals surface area contributed by atoms with E-state index < -0.39 is 0 Å². The lowest BCUT2D eigenvalue weighted by molar-refractivity contribution is 0.0947. The number of nitrogens with zero attached hydrogens (tertiary/aromatic N) is 3. The normalized spacial score (nSPS) is 10.6. The smallest absolute Gasteiger partial charge is 0.282 e. The quantitative estimate of drug-likeness (QED) is 0.355. The van der Waals surface area contributed by atoms with E-state index in [0.717, 1.165) is 22.6 Å². The maximum absolute atomic E-state index is 13.2. The predicted molar refractivity (Wildman–Crippen MR) is 132 cm³/mol. The lowest BCUT2D eigenvalue weighted by Gasteiger charge is -2.08. The second-order valence-corrected chi connectivity index (χ2v) is 7.77. The van der Waals surface area contributed by atoms with Gasteiger partial charge in [-0.25, -0.2) is 0 Å². The van der Waals surface area contributed by atoms with Gasteiger partial charge in [0.05, 0.1) is 24.8 Å². The van der Waals surface area contributed by atoms with Gasteiger partial charge in [0.15, 0.2) is 0 Å². The SMILES string of the molecule is COc1ccc(CNc2nc(NCc3ccc(OC)cc3)n(C(=O)c3ccccc3Cl)n2)cc1. The van der Waals surface area contributed by atoms with Crippen molar-refractivity contribution in [3.05, 3.63) is 94.5 Å². The summed E-state index contributed by atoms with van der Waals surface area (Å²) in [6, 6.07) is 22.1. The molecule has 1 heterocycles. The number of benzene rings is 3. The Morgan fingerprint density at radius 1 is 0.853 bits per heavy atom. The van der Waals surface area contributed by atoms with Crippen molar-refractivity contribution in [3.8, 4) is 11.5 Å². The van der Waals surface area contributed by atoms with Crippen LogP contribution >= 0.6 is 11.6 Å². The van der Waals surface area contributed by atoms with Gasteiger partial charge >= 0.3 is 0 Å². The van der Waals surface area contributed by atoms with Crippen molar-refractivity contribution in [2.75, 3.05) is 24.9 Å². The van der Waals surface area contributed by atoms with Crippen molar-refractivity contribution < 1.29 is 14.3 Å². The van der Waals surface area contributed by atoms with Crippen LogP contribution in [0.5, 0.6) is 11.5 Å². The summed E-state index contributed by atoms with van der Waals surface area (Å²) < 4.78 is 11.6. The molecule has 1 aromatic heterocycles. The van der Waals surface area contributed by atoms with E-state index in [1.807, 2.05) is 48.5 Å². The molecule has 4 rings (SSSR count). The molecule has 174 valence electrons. The molecule has 0 unspecified atom stereocenters. The molecular weight excluding hydrogens is 454 g/mol. The number of rotatable bonds is 9. The number of hydrogen-bond donors (Lipinski definition) is 2. The molecule has 34 heavy (non-hydrogen) atoms. The molecule has 0 bridgehead atoms. The molecule has 0 fully saturated rings. The van der Waals surface area contributed by atoms with E-state index in [9.17, 15) is 4.79 Å². The first-order valence-electron chi connectivity index (χ1n) is 10.6. The summed E-state index contributed by atoms with van der Waals surface area (Å²) in [5.41, 5.74) is 2.35. The molecule has 2 N–H and O–H groups in total. The van der Waals surface area contributed by atoms with Crippen LogP contribution in [-0.4, -0.2) is 34.9 Å². The van der Waals surface area contributed by atoms with Crippen LogP contribution < -0.4 is 20.1 Å². The molecule has 3 aromatic carbocycles. The second kappa shape index (κ2) is 10.7. The molecule has 0 saturated carbocycles. The van der Waals surface area contributed by atoms with E-state index in [4.69, 9.17) is 21.1 Å². The van der Waals surface area contributed by atoms with Crippen LogP contribution in [0.15, 0.2) is 72.8 Å². The largest absolute Gasteiger partial charge is 0.497 e. The van der Waals surface area contributed by atoms with E-state index >= 15 is 0 Å². The first-order valence-corrected chi connectivity index (χ1v) is 10.9. The van der Waals surface area contributed by atoms with Crippen LogP contribution in [0.3, 0.4) is 0 Å². The number of methoxy groups -OCH3 is 2.